The van der Waals surface area contributed by atoms with Crippen molar-refractivity contribution in [3.05, 3.63) is 108 Å². The van der Waals surface area contributed by atoms with Crippen LogP contribution < -0.4 is 0 Å². The fraction of sp³-hybridized carbons (Fsp3) is 0.0909. The third-order valence-corrected chi connectivity index (χ3v) is 5.85. The van der Waals surface area contributed by atoms with Crippen LogP contribution in [-0.4, -0.2) is 8.42 Å². The highest BCUT2D eigenvalue weighted by molar-refractivity contribution is 8.00. The second-order valence-corrected chi connectivity index (χ2v) is 7.77. The van der Waals surface area contributed by atoms with Crippen LogP contribution >= 0.6 is 0 Å². The molecule has 3 rings (SSSR count). The Morgan fingerprint density at radius 3 is 1.88 bits per heavy atom. The van der Waals surface area contributed by atoms with Crippen molar-refractivity contribution in [2.24, 2.45) is 0 Å². The van der Waals surface area contributed by atoms with Crippen LogP contribution in [0.4, 0.5) is 0 Å². The van der Waals surface area contributed by atoms with Gasteiger partial charge >= 0.3 is 0 Å². The molecular weight excluding hydrogens is 344 g/mol. The lowest BCUT2D eigenvalue weighted by molar-refractivity contribution is 0.166. The summed E-state index contributed by atoms with van der Waals surface area (Å²) < 4.78 is 32.1. The predicted octanol–water partition coefficient (Wildman–Crippen LogP) is 5.24. The summed E-state index contributed by atoms with van der Waals surface area (Å²) in [6.07, 6.45) is 1.09. The molecule has 0 unspecified atom stereocenters. The van der Waals surface area contributed by atoms with Crippen LogP contribution in [0, 0.1) is 0 Å². The lowest BCUT2D eigenvalue weighted by atomic mass is 10.1. The summed E-state index contributed by atoms with van der Waals surface area (Å²) in [5.74, 6) is 0. The van der Waals surface area contributed by atoms with E-state index in [-0.39, 0.29) is 15.9 Å². The van der Waals surface area contributed by atoms with Crippen LogP contribution in [-0.2, 0) is 14.6 Å². The Hall–Kier alpha value is -2.85. The molecule has 0 radical (unpaired) electrons. The second kappa shape index (κ2) is 8.02. The van der Waals surface area contributed by atoms with Gasteiger partial charge in [-0.15, -0.1) is 0 Å². The molecule has 0 amide bonds. The molecule has 0 aliphatic heterocycles. The third-order valence-electron chi connectivity index (χ3n) is 4.05. The molecule has 0 spiro atoms. The zero-order valence-corrected chi connectivity index (χ0v) is 15.3. The zero-order valence-electron chi connectivity index (χ0n) is 14.4. The number of sulfone groups is 1. The molecule has 1 atom stereocenters. The number of hydrogen-bond acceptors (Lipinski definition) is 3. The molecule has 0 fully saturated rings. The quantitative estimate of drug-likeness (QED) is 0.562. The van der Waals surface area contributed by atoms with Gasteiger partial charge < -0.3 is 4.74 Å². The maximum absolute atomic E-state index is 13.1. The van der Waals surface area contributed by atoms with Crippen molar-refractivity contribution >= 4 is 14.7 Å². The van der Waals surface area contributed by atoms with Gasteiger partial charge in [-0.25, -0.2) is 8.42 Å². The summed E-state index contributed by atoms with van der Waals surface area (Å²) in [6, 6.07) is 27.1. The van der Waals surface area contributed by atoms with Gasteiger partial charge in [0.05, 0.1) is 4.90 Å². The highest BCUT2D eigenvalue weighted by atomic mass is 32.2. The smallest absolute Gasteiger partial charge is 0.210 e. The molecule has 0 N–H and O–H groups in total. The molecule has 0 heterocycles. The summed E-state index contributed by atoms with van der Waals surface area (Å²) in [7, 11) is -3.70. The van der Waals surface area contributed by atoms with Crippen LogP contribution in [0.3, 0.4) is 0 Å². The van der Waals surface area contributed by atoms with Crippen molar-refractivity contribution in [1.29, 1.82) is 0 Å². The Morgan fingerprint density at radius 1 is 0.808 bits per heavy atom. The van der Waals surface area contributed by atoms with E-state index in [1.165, 1.54) is 6.26 Å². The average molecular weight is 364 g/mol. The molecule has 0 aliphatic carbocycles. The largest absolute Gasteiger partial charge is 0.492 e. The van der Waals surface area contributed by atoms with Crippen molar-refractivity contribution in [2.45, 2.75) is 17.9 Å². The number of hydrogen-bond donors (Lipinski definition) is 0. The minimum atomic E-state index is -3.70. The monoisotopic (exact) mass is 364 g/mol. The van der Waals surface area contributed by atoms with Crippen LogP contribution in [0.1, 0.15) is 24.2 Å². The standard InChI is InChI=1S/C22H20O3S/c1-18(19-11-5-2-6-12-19)25-17-22(20-13-7-3-8-14-20)26(23,24)21-15-9-4-10-16-21/h2-18H,1H3/b22-17-/t18-/m1/s1. The molecule has 132 valence electrons. The van der Waals surface area contributed by atoms with Gasteiger partial charge in [0, 0.05) is 0 Å². The van der Waals surface area contributed by atoms with Crippen LogP contribution in [0.2, 0.25) is 0 Å². The molecule has 3 nitrogen and oxygen atoms in total. The SMILES string of the molecule is C[C@@H](O/C=C(/c1ccccc1)S(=O)(=O)c1ccccc1)c1ccccc1. The summed E-state index contributed by atoms with van der Waals surface area (Å²) in [5.41, 5.74) is 1.57. The normalized spacial score (nSPS) is 13.2. The van der Waals surface area contributed by atoms with Gasteiger partial charge in [0.25, 0.3) is 0 Å². The van der Waals surface area contributed by atoms with Gasteiger partial charge in [-0.2, -0.15) is 0 Å². The Morgan fingerprint density at radius 2 is 1.31 bits per heavy atom. The van der Waals surface area contributed by atoms with Crippen LogP contribution in [0.25, 0.3) is 4.91 Å². The van der Waals surface area contributed by atoms with E-state index < -0.39 is 9.84 Å². The van der Waals surface area contributed by atoms with Crippen LogP contribution in [0.15, 0.2) is 102 Å². The first kappa shape index (κ1) is 18.0. The Balaban J connectivity index is 1.99. The number of benzene rings is 3. The molecule has 26 heavy (non-hydrogen) atoms. The minimum absolute atomic E-state index is 0.145. The molecule has 4 heteroatoms. The molecular formula is C22H20O3S. The second-order valence-electron chi connectivity index (χ2n) is 5.85. The van der Waals surface area contributed by atoms with E-state index in [4.69, 9.17) is 4.74 Å². The van der Waals surface area contributed by atoms with Crippen LogP contribution in [0.5, 0.6) is 0 Å². The number of rotatable bonds is 6. The van der Waals surface area contributed by atoms with E-state index in [0.717, 1.165) is 5.56 Å². The fourth-order valence-electron chi connectivity index (χ4n) is 2.58. The first-order valence-corrected chi connectivity index (χ1v) is 9.83. The lowest BCUT2D eigenvalue weighted by Gasteiger charge is -2.15. The van der Waals surface area contributed by atoms with Crippen molar-refractivity contribution in [3.8, 4) is 0 Å². The van der Waals surface area contributed by atoms with Gasteiger partial charge in [0.2, 0.25) is 9.84 Å². The summed E-state index contributed by atoms with van der Waals surface area (Å²) in [4.78, 5) is 0.387. The maximum atomic E-state index is 13.1. The molecule has 0 aliphatic rings. The van der Waals surface area contributed by atoms with E-state index in [0.29, 0.717) is 5.56 Å². The summed E-state index contributed by atoms with van der Waals surface area (Å²) >= 11 is 0. The van der Waals surface area contributed by atoms with Crippen molar-refractivity contribution in [1.82, 2.24) is 0 Å². The Kier molecular flexibility index (Phi) is 5.54. The van der Waals surface area contributed by atoms with Gasteiger partial charge in [0.15, 0.2) is 0 Å². The van der Waals surface area contributed by atoms with E-state index in [1.54, 1.807) is 42.5 Å². The van der Waals surface area contributed by atoms with E-state index in [1.807, 2.05) is 55.5 Å². The maximum Gasteiger partial charge on any atom is 0.210 e. The molecule has 3 aromatic rings. The molecule has 0 saturated carbocycles. The lowest BCUT2D eigenvalue weighted by Crippen LogP contribution is -2.06. The summed E-state index contributed by atoms with van der Waals surface area (Å²) in [5, 5.41) is 0. The first-order valence-electron chi connectivity index (χ1n) is 8.35. The van der Waals surface area contributed by atoms with Crippen molar-refractivity contribution in [3.63, 3.8) is 0 Å². The molecule has 3 aromatic carbocycles. The van der Waals surface area contributed by atoms with E-state index in [2.05, 4.69) is 0 Å². The van der Waals surface area contributed by atoms with Gasteiger partial charge in [0.1, 0.15) is 17.3 Å². The predicted molar refractivity (Wildman–Crippen MR) is 104 cm³/mol. The van der Waals surface area contributed by atoms with Crippen molar-refractivity contribution in [2.75, 3.05) is 0 Å². The molecule has 0 aromatic heterocycles. The van der Waals surface area contributed by atoms with E-state index in [9.17, 15) is 8.42 Å². The highest BCUT2D eigenvalue weighted by Crippen LogP contribution is 2.29. The third kappa shape index (κ3) is 4.03. The highest BCUT2D eigenvalue weighted by Gasteiger charge is 2.23. The van der Waals surface area contributed by atoms with E-state index >= 15 is 0 Å². The van der Waals surface area contributed by atoms with Gasteiger partial charge in [-0.1, -0.05) is 78.9 Å². The van der Waals surface area contributed by atoms with Gasteiger partial charge in [-0.3, -0.25) is 0 Å². The Labute approximate surface area is 154 Å². The topological polar surface area (TPSA) is 43.4 Å². The first-order chi connectivity index (χ1) is 12.6. The van der Waals surface area contributed by atoms with Crippen molar-refractivity contribution < 1.29 is 13.2 Å². The minimum Gasteiger partial charge on any atom is -0.492 e. The molecule has 0 saturated heterocycles. The fourth-order valence-corrected chi connectivity index (χ4v) is 3.98. The Bertz CT molecular complexity index is 964. The summed E-state index contributed by atoms with van der Waals surface area (Å²) in [6.45, 7) is 1.89. The molecule has 0 bridgehead atoms. The average Bonchev–Trinajstić information content (AvgIpc) is 2.70. The zero-order chi connectivity index (χ0) is 18.4. The number of ether oxygens (including phenoxy) is 1. The van der Waals surface area contributed by atoms with Gasteiger partial charge in [-0.05, 0) is 30.2 Å².